The van der Waals surface area contributed by atoms with Gasteiger partial charge in [-0.05, 0) is 37.5 Å². The van der Waals surface area contributed by atoms with Crippen molar-refractivity contribution in [3.05, 3.63) is 29.8 Å². The molecule has 4 rings (SSSR count). The first kappa shape index (κ1) is 23.1. The van der Waals surface area contributed by atoms with Crippen LogP contribution < -0.4 is 10.2 Å². The smallest absolute Gasteiger partial charge is 0.327 e. The van der Waals surface area contributed by atoms with Gasteiger partial charge in [0.2, 0.25) is 0 Å². The van der Waals surface area contributed by atoms with E-state index in [1.54, 1.807) is 4.90 Å². The number of urea groups is 1. The van der Waals surface area contributed by atoms with Crippen molar-refractivity contribution in [1.82, 2.24) is 20.0 Å². The lowest BCUT2D eigenvalue weighted by molar-refractivity contribution is -0.138. The molecule has 7 heteroatoms. The number of benzene rings is 1. The predicted molar refractivity (Wildman–Crippen MR) is 127 cm³/mol. The van der Waals surface area contributed by atoms with E-state index in [9.17, 15) is 9.59 Å². The summed E-state index contributed by atoms with van der Waals surface area (Å²) in [6.45, 7) is 6.65. The summed E-state index contributed by atoms with van der Waals surface area (Å²) in [5.41, 5.74) is 2.38. The maximum absolute atomic E-state index is 13.5. The van der Waals surface area contributed by atoms with Crippen LogP contribution in [-0.4, -0.2) is 71.8 Å². The fourth-order valence-electron chi connectivity index (χ4n) is 5.42. The van der Waals surface area contributed by atoms with Crippen LogP contribution in [0.3, 0.4) is 0 Å². The van der Waals surface area contributed by atoms with E-state index in [0.29, 0.717) is 6.54 Å². The van der Waals surface area contributed by atoms with Crippen molar-refractivity contribution in [3.63, 3.8) is 0 Å². The van der Waals surface area contributed by atoms with Gasteiger partial charge in [0, 0.05) is 32.4 Å². The molecule has 0 aromatic heterocycles. The lowest BCUT2D eigenvalue weighted by Gasteiger charge is -2.44. The average Bonchev–Trinajstić information content (AvgIpc) is 3.19. The second kappa shape index (κ2) is 10.2. The van der Waals surface area contributed by atoms with Crippen LogP contribution in [-0.2, 0) is 4.79 Å². The van der Waals surface area contributed by atoms with Gasteiger partial charge in [0.15, 0.2) is 0 Å². The van der Waals surface area contributed by atoms with E-state index in [1.807, 2.05) is 7.05 Å². The van der Waals surface area contributed by atoms with E-state index in [2.05, 4.69) is 53.2 Å². The Bertz CT molecular complexity index is 815. The number of fused-ring (bicyclic) bond motifs is 3. The number of likely N-dealkylation sites (N-methyl/N-ethyl adjacent to an activating group) is 1. The predicted octanol–water partition coefficient (Wildman–Crippen LogP) is 3.73. The van der Waals surface area contributed by atoms with Crippen LogP contribution in [0.5, 0.6) is 0 Å². The monoisotopic (exact) mass is 441 g/mol. The summed E-state index contributed by atoms with van der Waals surface area (Å²) in [6.07, 6.45) is 8.86. The van der Waals surface area contributed by atoms with E-state index >= 15 is 0 Å². The number of carbonyl (C=O) groups is 2. The molecule has 0 saturated carbocycles. The van der Waals surface area contributed by atoms with Gasteiger partial charge in [0.1, 0.15) is 18.5 Å². The van der Waals surface area contributed by atoms with Crippen LogP contribution >= 0.6 is 0 Å². The normalized spacial score (nSPS) is 26.0. The summed E-state index contributed by atoms with van der Waals surface area (Å²) >= 11 is 0. The van der Waals surface area contributed by atoms with Gasteiger partial charge in [-0.1, -0.05) is 57.6 Å². The first-order valence-electron chi connectivity index (χ1n) is 12.5. The number of amides is 3. The molecule has 3 fully saturated rings. The second-order valence-corrected chi connectivity index (χ2v) is 9.56. The molecule has 3 aliphatic heterocycles. The Morgan fingerprint density at radius 1 is 1.03 bits per heavy atom. The fraction of sp³-hybridized carbons (Fsp3) is 0.680. The Balaban J connectivity index is 1.43. The molecule has 3 saturated heterocycles. The molecule has 1 aromatic rings. The Morgan fingerprint density at radius 2 is 1.78 bits per heavy atom. The molecular formula is C25H39N5O2. The van der Waals surface area contributed by atoms with Crippen molar-refractivity contribution in [2.45, 2.75) is 83.7 Å². The van der Waals surface area contributed by atoms with Gasteiger partial charge < -0.3 is 9.80 Å². The van der Waals surface area contributed by atoms with Crippen molar-refractivity contribution in [2.24, 2.45) is 0 Å². The van der Waals surface area contributed by atoms with Gasteiger partial charge >= 0.3 is 6.03 Å². The highest BCUT2D eigenvalue weighted by Crippen LogP contribution is 2.33. The number of imide groups is 1. The average molecular weight is 442 g/mol. The number of rotatable bonds is 9. The van der Waals surface area contributed by atoms with Gasteiger partial charge in [0.25, 0.3) is 5.91 Å². The first-order chi connectivity index (χ1) is 15.5. The summed E-state index contributed by atoms with van der Waals surface area (Å²) in [7, 11) is 1.83. The molecule has 0 radical (unpaired) electrons. The minimum Gasteiger partial charge on any atom is -0.343 e. The lowest BCUT2D eigenvalue weighted by atomic mass is 10.1. The number of aryl methyl sites for hydroxylation is 1. The molecule has 1 aromatic carbocycles. The lowest BCUT2D eigenvalue weighted by Crippen LogP contribution is -2.66. The Morgan fingerprint density at radius 3 is 2.53 bits per heavy atom. The number of unbranched alkanes of at least 4 members (excludes halogenated alkanes) is 6. The standard InChI is InChI=1S/C25H39N5O2/c1-4-5-6-7-8-9-10-15-30-23(31)21-22(27(3)25(30)32)26-24-28(16-12-17-29(21)24)20-14-11-13-19(2)18-20/h11,13-14,18,21-22,24,26H,4-10,12,15-17H2,1-3H3. The summed E-state index contributed by atoms with van der Waals surface area (Å²) < 4.78 is 0. The SMILES string of the molecule is CCCCCCCCCN1C(=O)C2C(NC3N(c4cccc(C)c4)CCCN23)N(C)C1=O. The second-order valence-electron chi connectivity index (χ2n) is 9.56. The maximum atomic E-state index is 13.5. The number of nitrogens with zero attached hydrogens (tertiary/aromatic N) is 4. The third-order valence-corrected chi connectivity index (χ3v) is 7.19. The van der Waals surface area contributed by atoms with E-state index < -0.39 is 0 Å². The van der Waals surface area contributed by atoms with Crippen LogP contribution in [0.15, 0.2) is 24.3 Å². The van der Waals surface area contributed by atoms with Crippen molar-refractivity contribution in [2.75, 3.05) is 31.6 Å². The number of anilines is 1. The molecule has 32 heavy (non-hydrogen) atoms. The molecule has 3 heterocycles. The van der Waals surface area contributed by atoms with E-state index in [1.165, 1.54) is 42.6 Å². The highest BCUT2D eigenvalue weighted by Gasteiger charge is 2.55. The quantitative estimate of drug-likeness (QED) is 0.592. The van der Waals surface area contributed by atoms with Gasteiger partial charge in [0.05, 0.1) is 0 Å². The Labute approximate surface area is 192 Å². The molecule has 176 valence electrons. The summed E-state index contributed by atoms with van der Waals surface area (Å²) in [6, 6.07) is 8.01. The molecule has 0 spiro atoms. The molecule has 3 unspecified atom stereocenters. The molecule has 3 aliphatic rings. The molecule has 1 N–H and O–H groups in total. The van der Waals surface area contributed by atoms with E-state index in [0.717, 1.165) is 38.0 Å². The van der Waals surface area contributed by atoms with Gasteiger partial charge in [-0.3, -0.25) is 19.9 Å². The van der Waals surface area contributed by atoms with E-state index in [4.69, 9.17) is 0 Å². The molecule has 3 atom stereocenters. The maximum Gasteiger partial charge on any atom is 0.327 e. The Kier molecular flexibility index (Phi) is 7.36. The number of nitrogens with one attached hydrogen (secondary N) is 1. The van der Waals surface area contributed by atoms with Gasteiger partial charge in [-0.15, -0.1) is 0 Å². The van der Waals surface area contributed by atoms with Crippen LogP contribution in [0, 0.1) is 6.92 Å². The highest BCUT2D eigenvalue weighted by atomic mass is 16.2. The van der Waals surface area contributed by atoms with Crippen molar-refractivity contribution in [1.29, 1.82) is 0 Å². The number of hydrogen-bond acceptors (Lipinski definition) is 5. The van der Waals surface area contributed by atoms with Crippen LogP contribution in [0.4, 0.5) is 10.5 Å². The van der Waals surface area contributed by atoms with Gasteiger partial charge in [-0.25, -0.2) is 4.79 Å². The van der Waals surface area contributed by atoms with Crippen LogP contribution in [0.2, 0.25) is 0 Å². The summed E-state index contributed by atoms with van der Waals surface area (Å²) in [5, 5.41) is 3.60. The Hall–Kier alpha value is -2.12. The zero-order chi connectivity index (χ0) is 22.7. The van der Waals surface area contributed by atoms with Crippen molar-refractivity contribution < 1.29 is 9.59 Å². The van der Waals surface area contributed by atoms with E-state index in [-0.39, 0.29) is 30.4 Å². The number of carbonyl (C=O) groups excluding carboxylic acids is 2. The minimum absolute atomic E-state index is 0.0369. The third kappa shape index (κ3) is 4.50. The highest BCUT2D eigenvalue weighted by molar-refractivity contribution is 6.00. The van der Waals surface area contributed by atoms with Gasteiger partial charge in [-0.2, -0.15) is 0 Å². The molecule has 7 nitrogen and oxygen atoms in total. The largest absolute Gasteiger partial charge is 0.343 e. The fourth-order valence-corrected chi connectivity index (χ4v) is 5.42. The minimum atomic E-state index is -0.320. The van der Waals surface area contributed by atoms with Crippen molar-refractivity contribution in [3.8, 4) is 0 Å². The summed E-state index contributed by atoms with van der Waals surface area (Å²) in [4.78, 5) is 34.4. The topological polar surface area (TPSA) is 59.1 Å². The third-order valence-electron chi connectivity index (χ3n) is 7.19. The molecule has 0 aliphatic carbocycles. The van der Waals surface area contributed by atoms with Crippen LogP contribution in [0.25, 0.3) is 0 Å². The molecule has 3 amide bonds. The zero-order valence-corrected chi connectivity index (χ0v) is 19.9. The van der Waals surface area contributed by atoms with Crippen molar-refractivity contribution >= 4 is 17.6 Å². The molecule has 0 bridgehead atoms. The zero-order valence-electron chi connectivity index (χ0n) is 19.9. The van der Waals surface area contributed by atoms with Crippen LogP contribution in [0.1, 0.15) is 63.9 Å². The first-order valence-corrected chi connectivity index (χ1v) is 12.5. The summed E-state index contributed by atoms with van der Waals surface area (Å²) in [5.74, 6) is -0.0369. The molecular weight excluding hydrogens is 402 g/mol. The number of hydrogen-bond donors (Lipinski definition) is 1.